The number of thiazole rings is 1. The van der Waals surface area contributed by atoms with Crippen molar-refractivity contribution in [2.75, 3.05) is 13.2 Å². The van der Waals surface area contributed by atoms with Crippen LogP contribution in [0.3, 0.4) is 0 Å². The van der Waals surface area contributed by atoms with Gasteiger partial charge in [0.2, 0.25) is 0 Å². The minimum Gasteiger partial charge on any atom is -0.490 e. The quantitative estimate of drug-likeness (QED) is 0.606. The summed E-state index contributed by atoms with van der Waals surface area (Å²) in [5.74, 6) is 7.15. The molecule has 20 heavy (non-hydrogen) atoms. The molecule has 3 N–H and O–H groups in total. The van der Waals surface area contributed by atoms with E-state index in [4.69, 9.17) is 15.3 Å². The minimum atomic E-state index is -0.0996. The maximum absolute atomic E-state index is 5.67. The number of rotatable bonds is 7. The number of hydrogen-bond donors (Lipinski definition) is 2. The Hall–Kier alpha value is -1.63. The Bertz CT molecular complexity index is 531. The maximum atomic E-state index is 5.67. The van der Waals surface area contributed by atoms with Gasteiger partial charge in [0.15, 0.2) is 11.5 Å². The average molecular weight is 293 g/mol. The summed E-state index contributed by atoms with van der Waals surface area (Å²) in [5.41, 5.74) is 5.62. The average Bonchev–Trinajstić information content (AvgIpc) is 2.97. The first kappa shape index (κ1) is 14.8. The summed E-state index contributed by atoms with van der Waals surface area (Å²) in [6.07, 6.45) is 1.81. The van der Waals surface area contributed by atoms with Crippen LogP contribution in [-0.4, -0.2) is 18.2 Å². The molecule has 1 aromatic heterocycles. The molecule has 0 fully saturated rings. The largest absolute Gasteiger partial charge is 0.490 e. The highest BCUT2D eigenvalue weighted by Crippen LogP contribution is 2.33. The molecule has 0 bridgehead atoms. The van der Waals surface area contributed by atoms with Crippen molar-refractivity contribution < 1.29 is 9.47 Å². The van der Waals surface area contributed by atoms with E-state index < -0.39 is 0 Å². The van der Waals surface area contributed by atoms with Gasteiger partial charge in [0.25, 0.3) is 0 Å². The van der Waals surface area contributed by atoms with E-state index in [0.29, 0.717) is 13.2 Å². The molecule has 0 aliphatic rings. The predicted molar refractivity (Wildman–Crippen MR) is 80.1 cm³/mol. The predicted octanol–water partition coefficient (Wildman–Crippen LogP) is 2.49. The maximum Gasteiger partial charge on any atom is 0.161 e. The van der Waals surface area contributed by atoms with Gasteiger partial charge in [-0.2, -0.15) is 0 Å². The standard InChI is InChI=1S/C14H19N3O2S/c1-3-18-11-6-5-10(7-12(11)19-4-2)14(17-15)13-8-16-9-20-13/h5-9,14,17H,3-4,15H2,1-2H3. The lowest BCUT2D eigenvalue weighted by molar-refractivity contribution is 0.287. The number of hydrazine groups is 1. The Morgan fingerprint density at radius 2 is 2.00 bits per heavy atom. The molecule has 0 saturated heterocycles. The van der Waals surface area contributed by atoms with Crippen LogP contribution in [0, 0.1) is 0 Å². The molecule has 0 radical (unpaired) electrons. The van der Waals surface area contributed by atoms with E-state index in [2.05, 4.69) is 10.4 Å². The monoisotopic (exact) mass is 293 g/mol. The number of hydrogen-bond acceptors (Lipinski definition) is 6. The normalized spacial score (nSPS) is 12.2. The molecule has 1 atom stereocenters. The first-order chi connectivity index (χ1) is 9.80. The molecule has 108 valence electrons. The first-order valence-corrected chi connectivity index (χ1v) is 7.42. The van der Waals surface area contributed by atoms with Gasteiger partial charge in [0.1, 0.15) is 0 Å². The third-order valence-corrected chi connectivity index (χ3v) is 3.64. The van der Waals surface area contributed by atoms with Crippen molar-refractivity contribution in [1.29, 1.82) is 0 Å². The highest BCUT2D eigenvalue weighted by molar-refractivity contribution is 7.09. The van der Waals surface area contributed by atoms with Gasteiger partial charge in [-0.3, -0.25) is 10.8 Å². The molecule has 6 heteroatoms. The Labute approximate surface area is 122 Å². The second-order valence-electron chi connectivity index (χ2n) is 4.08. The second kappa shape index (κ2) is 7.23. The van der Waals surface area contributed by atoms with Crippen molar-refractivity contribution in [2.24, 2.45) is 5.84 Å². The van der Waals surface area contributed by atoms with Gasteiger partial charge in [0.05, 0.1) is 24.8 Å². The Morgan fingerprint density at radius 3 is 2.60 bits per heavy atom. The number of nitrogens with zero attached hydrogens (tertiary/aromatic N) is 1. The Morgan fingerprint density at radius 1 is 1.25 bits per heavy atom. The summed E-state index contributed by atoms with van der Waals surface area (Å²) in [5, 5.41) is 0. The van der Waals surface area contributed by atoms with Crippen molar-refractivity contribution in [2.45, 2.75) is 19.9 Å². The number of aromatic nitrogens is 1. The van der Waals surface area contributed by atoms with Gasteiger partial charge in [-0.1, -0.05) is 6.07 Å². The van der Waals surface area contributed by atoms with Crippen LogP contribution in [0.5, 0.6) is 11.5 Å². The zero-order valence-corrected chi connectivity index (χ0v) is 12.4. The summed E-state index contributed by atoms with van der Waals surface area (Å²) in [6.45, 7) is 5.09. The van der Waals surface area contributed by atoms with E-state index >= 15 is 0 Å². The zero-order valence-electron chi connectivity index (χ0n) is 11.6. The van der Waals surface area contributed by atoms with Crippen molar-refractivity contribution >= 4 is 11.3 Å². The van der Waals surface area contributed by atoms with Crippen LogP contribution in [0.25, 0.3) is 0 Å². The van der Waals surface area contributed by atoms with E-state index in [-0.39, 0.29) is 6.04 Å². The van der Waals surface area contributed by atoms with Crippen molar-refractivity contribution in [3.05, 3.63) is 40.3 Å². The van der Waals surface area contributed by atoms with Gasteiger partial charge in [-0.05, 0) is 31.5 Å². The SMILES string of the molecule is CCOc1ccc(C(NN)c2cncs2)cc1OCC. The van der Waals surface area contributed by atoms with Crippen molar-refractivity contribution in [3.8, 4) is 11.5 Å². The molecule has 2 aromatic rings. The highest BCUT2D eigenvalue weighted by Gasteiger charge is 2.16. The minimum absolute atomic E-state index is 0.0996. The van der Waals surface area contributed by atoms with Gasteiger partial charge in [0, 0.05) is 11.1 Å². The third-order valence-electron chi connectivity index (χ3n) is 2.80. The molecular weight excluding hydrogens is 274 g/mol. The van der Waals surface area contributed by atoms with Crippen LogP contribution in [0.1, 0.15) is 30.3 Å². The Balaban J connectivity index is 2.33. The van der Waals surface area contributed by atoms with Crippen LogP contribution in [0.2, 0.25) is 0 Å². The van der Waals surface area contributed by atoms with E-state index in [1.807, 2.05) is 38.2 Å². The molecule has 0 aliphatic carbocycles. The van der Waals surface area contributed by atoms with E-state index in [1.54, 1.807) is 16.8 Å². The molecule has 0 spiro atoms. The topological polar surface area (TPSA) is 69.4 Å². The third kappa shape index (κ3) is 3.27. The van der Waals surface area contributed by atoms with Gasteiger partial charge < -0.3 is 9.47 Å². The lowest BCUT2D eigenvalue weighted by atomic mass is 10.1. The van der Waals surface area contributed by atoms with Crippen LogP contribution in [-0.2, 0) is 0 Å². The molecule has 1 heterocycles. The van der Waals surface area contributed by atoms with Crippen molar-refractivity contribution in [1.82, 2.24) is 10.4 Å². The molecule has 0 aliphatic heterocycles. The van der Waals surface area contributed by atoms with Gasteiger partial charge in [-0.25, -0.2) is 5.43 Å². The van der Waals surface area contributed by atoms with E-state index in [1.165, 1.54) is 0 Å². The Kier molecular flexibility index (Phi) is 5.34. The fourth-order valence-electron chi connectivity index (χ4n) is 1.96. The summed E-state index contributed by atoms with van der Waals surface area (Å²) >= 11 is 1.56. The summed E-state index contributed by atoms with van der Waals surface area (Å²) in [4.78, 5) is 5.14. The number of nitrogens with two attached hydrogens (primary N) is 1. The lowest BCUT2D eigenvalue weighted by Crippen LogP contribution is -2.28. The fourth-order valence-corrected chi connectivity index (χ4v) is 2.66. The molecule has 1 aromatic carbocycles. The smallest absolute Gasteiger partial charge is 0.161 e. The molecule has 1 unspecified atom stereocenters. The summed E-state index contributed by atoms with van der Waals surface area (Å²) in [6, 6.07) is 5.75. The van der Waals surface area contributed by atoms with E-state index in [0.717, 1.165) is 21.9 Å². The van der Waals surface area contributed by atoms with Crippen LogP contribution < -0.4 is 20.7 Å². The second-order valence-corrected chi connectivity index (χ2v) is 4.99. The molecular formula is C14H19N3O2S. The lowest BCUT2D eigenvalue weighted by Gasteiger charge is -2.17. The molecule has 5 nitrogen and oxygen atoms in total. The van der Waals surface area contributed by atoms with Gasteiger partial charge in [-0.15, -0.1) is 11.3 Å². The van der Waals surface area contributed by atoms with Crippen LogP contribution >= 0.6 is 11.3 Å². The highest BCUT2D eigenvalue weighted by atomic mass is 32.1. The van der Waals surface area contributed by atoms with E-state index in [9.17, 15) is 0 Å². The molecule has 0 saturated carbocycles. The number of ether oxygens (including phenoxy) is 2. The first-order valence-electron chi connectivity index (χ1n) is 6.54. The van der Waals surface area contributed by atoms with Crippen LogP contribution in [0.4, 0.5) is 0 Å². The van der Waals surface area contributed by atoms with Crippen LogP contribution in [0.15, 0.2) is 29.9 Å². The zero-order chi connectivity index (χ0) is 14.4. The summed E-state index contributed by atoms with van der Waals surface area (Å²) in [7, 11) is 0. The van der Waals surface area contributed by atoms with Crippen molar-refractivity contribution in [3.63, 3.8) is 0 Å². The molecule has 0 amide bonds. The fraction of sp³-hybridized carbons (Fsp3) is 0.357. The van der Waals surface area contributed by atoms with Gasteiger partial charge >= 0.3 is 0 Å². The summed E-state index contributed by atoms with van der Waals surface area (Å²) < 4.78 is 11.2. The number of nitrogens with one attached hydrogen (secondary N) is 1. The molecule has 2 rings (SSSR count). The number of benzene rings is 1.